The van der Waals surface area contributed by atoms with Gasteiger partial charge in [-0.15, -0.1) is 0 Å². The standard InChI is InChI=1S/C15H23FN2O/c1-10(11-6-4-3-5-7-11)18-14-9-15(19-2)13(17)8-12(14)16/h8-11,18H,3-7,17H2,1-2H3. The molecule has 3 nitrogen and oxygen atoms in total. The summed E-state index contributed by atoms with van der Waals surface area (Å²) in [5.41, 5.74) is 6.49. The second-order valence-electron chi connectivity index (χ2n) is 5.41. The average Bonchev–Trinajstić information content (AvgIpc) is 2.42. The second kappa shape index (κ2) is 6.13. The number of nitrogens with one attached hydrogen (secondary N) is 1. The van der Waals surface area contributed by atoms with E-state index < -0.39 is 0 Å². The van der Waals surface area contributed by atoms with Crippen molar-refractivity contribution in [3.63, 3.8) is 0 Å². The molecule has 4 heteroatoms. The van der Waals surface area contributed by atoms with Gasteiger partial charge in [0.25, 0.3) is 0 Å². The van der Waals surface area contributed by atoms with Crippen LogP contribution in [0.2, 0.25) is 0 Å². The fourth-order valence-corrected chi connectivity index (χ4v) is 2.85. The Hall–Kier alpha value is -1.45. The molecule has 0 radical (unpaired) electrons. The summed E-state index contributed by atoms with van der Waals surface area (Å²) in [6.45, 7) is 2.12. The fraction of sp³-hybridized carbons (Fsp3) is 0.600. The van der Waals surface area contributed by atoms with E-state index in [1.807, 2.05) is 0 Å². The van der Waals surface area contributed by atoms with Crippen LogP contribution in [0, 0.1) is 11.7 Å². The highest BCUT2D eigenvalue weighted by molar-refractivity contribution is 5.62. The third-order valence-electron chi connectivity index (χ3n) is 4.06. The number of benzene rings is 1. The zero-order valence-corrected chi connectivity index (χ0v) is 11.7. The minimum Gasteiger partial charge on any atom is -0.495 e. The summed E-state index contributed by atoms with van der Waals surface area (Å²) in [6.07, 6.45) is 6.34. The van der Waals surface area contributed by atoms with Crippen LogP contribution >= 0.6 is 0 Å². The molecule has 1 aromatic rings. The van der Waals surface area contributed by atoms with Gasteiger partial charge in [-0.05, 0) is 25.7 Å². The zero-order chi connectivity index (χ0) is 13.8. The van der Waals surface area contributed by atoms with Crippen molar-refractivity contribution in [1.29, 1.82) is 0 Å². The summed E-state index contributed by atoms with van der Waals surface area (Å²) in [5, 5.41) is 3.27. The largest absolute Gasteiger partial charge is 0.495 e. The monoisotopic (exact) mass is 266 g/mol. The molecule has 0 bridgehead atoms. The number of methoxy groups -OCH3 is 1. The van der Waals surface area contributed by atoms with Crippen LogP contribution in [0.15, 0.2) is 12.1 Å². The summed E-state index contributed by atoms with van der Waals surface area (Å²) in [6, 6.07) is 3.22. The Morgan fingerprint density at radius 3 is 2.63 bits per heavy atom. The van der Waals surface area contributed by atoms with Crippen LogP contribution in [0.5, 0.6) is 5.75 Å². The van der Waals surface area contributed by atoms with E-state index >= 15 is 0 Å². The highest BCUT2D eigenvalue weighted by atomic mass is 19.1. The van der Waals surface area contributed by atoms with Crippen LogP contribution in [0.1, 0.15) is 39.0 Å². The summed E-state index contributed by atoms with van der Waals surface area (Å²) in [4.78, 5) is 0. The predicted octanol–water partition coefficient (Wildman–Crippen LogP) is 3.80. The summed E-state index contributed by atoms with van der Waals surface area (Å²) < 4.78 is 19.0. The number of nitrogens with two attached hydrogens (primary N) is 1. The molecule has 1 unspecified atom stereocenters. The van der Waals surface area contributed by atoms with Crippen molar-refractivity contribution >= 4 is 11.4 Å². The van der Waals surface area contributed by atoms with E-state index in [1.54, 1.807) is 6.07 Å². The number of nitrogen functional groups attached to an aromatic ring is 1. The molecule has 1 aliphatic carbocycles. The molecule has 0 heterocycles. The molecule has 1 atom stereocenters. The van der Waals surface area contributed by atoms with Gasteiger partial charge in [0.15, 0.2) is 0 Å². The van der Waals surface area contributed by atoms with Gasteiger partial charge in [-0.2, -0.15) is 0 Å². The van der Waals surface area contributed by atoms with Crippen LogP contribution < -0.4 is 15.8 Å². The normalized spacial score (nSPS) is 18.1. The van der Waals surface area contributed by atoms with Crippen LogP contribution in [0.25, 0.3) is 0 Å². The van der Waals surface area contributed by atoms with E-state index in [9.17, 15) is 4.39 Å². The van der Waals surface area contributed by atoms with Crippen molar-refractivity contribution in [2.24, 2.45) is 5.92 Å². The van der Waals surface area contributed by atoms with Gasteiger partial charge in [0, 0.05) is 18.2 Å². The third kappa shape index (κ3) is 3.31. The summed E-state index contributed by atoms with van der Waals surface area (Å²) in [7, 11) is 1.54. The smallest absolute Gasteiger partial charge is 0.148 e. The van der Waals surface area contributed by atoms with Gasteiger partial charge in [0.1, 0.15) is 11.6 Å². The molecule has 19 heavy (non-hydrogen) atoms. The van der Waals surface area contributed by atoms with E-state index in [0.717, 1.165) is 0 Å². The molecule has 2 rings (SSSR count). The molecule has 1 saturated carbocycles. The average molecular weight is 266 g/mol. The van der Waals surface area contributed by atoms with Crippen LogP contribution in [0.3, 0.4) is 0 Å². The highest BCUT2D eigenvalue weighted by Gasteiger charge is 2.21. The number of rotatable bonds is 4. The molecule has 3 N–H and O–H groups in total. The molecule has 0 aromatic heterocycles. The van der Waals surface area contributed by atoms with E-state index in [0.29, 0.717) is 23.0 Å². The number of halogens is 1. The first-order valence-corrected chi connectivity index (χ1v) is 7.01. The maximum absolute atomic E-state index is 13.9. The molecule has 1 aliphatic rings. The fourth-order valence-electron chi connectivity index (χ4n) is 2.85. The van der Waals surface area contributed by atoms with Crippen LogP contribution in [-0.4, -0.2) is 13.2 Å². The van der Waals surface area contributed by atoms with Crippen molar-refractivity contribution in [2.75, 3.05) is 18.2 Å². The van der Waals surface area contributed by atoms with Gasteiger partial charge in [0.05, 0.1) is 18.5 Å². The molecule has 1 aromatic carbocycles. The second-order valence-corrected chi connectivity index (χ2v) is 5.41. The molecule has 0 aliphatic heterocycles. The lowest BCUT2D eigenvalue weighted by Crippen LogP contribution is -2.28. The van der Waals surface area contributed by atoms with Gasteiger partial charge in [-0.3, -0.25) is 0 Å². The minimum atomic E-state index is -0.319. The number of hydrogen-bond acceptors (Lipinski definition) is 3. The van der Waals surface area contributed by atoms with Gasteiger partial charge >= 0.3 is 0 Å². The van der Waals surface area contributed by atoms with Gasteiger partial charge in [0.2, 0.25) is 0 Å². The van der Waals surface area contributed by atoms with E-state index in [1.165, 1.54) is 45.3 Å². The number of anilines is 2. The Balaban J connectivity index is 2.09. The van der Waals surface area contributed by atoms with Crippen LogP contribution in [-0.2, 0) is 0 Å². The molecule has 0 saturated heterocycles. The lowest BCUT2D eigenvalue weighted by Gasteiger charge is -2.29. The van der Waals surface area contributed by atoms with Crippen molar-refractivity contribution in [3.8, 4) is 5.75 Å². The number of ether oxygens (including phenoxy) is 1. The maximum Gasteiger partial charge on any atom is 0.148 e. The minimum absolute atomic E-state index is 0.267. The van der Waals surface area contributed by atoms with Crippen molar-refractivity contribution in [1.82, 2.24) is 0 Å². The lowest BCUT2D eigenvalue weighted by atomic mass is 9.84. The van der Waals surface area contributed by atoms with E-state index in [2.05, 4.69) is 12.2 Å². The Morgan fingerprint density at radius 2 is 2.00 bits per heavy atom. The Kier molecular flexibility index (Phi) is 4.51. The Bertz CT molecular complexity index is 430. The summed E-state index contributed by atoms with van der Waals surface area (Å²) >= 11 is 0. The Labute approximate surface area is 114 Å². The Morgan fingerprint density at radius 1 is 1.32 bits per heavy atom. The van der Waals surface area contributed by atoms with E-state index in [-0.39, 0.29) is 11.9 Å². The molecule has 1 fully saturated rings. The SMILES string of the molecule is COc1cc(NC(C)C2CCCCC2)c(F)cc1N. The van der Waals surface area contributed by atoms with Gasteiger partial charge in [-0.25, -0.2) is 4.39 Å². The molecule has 106 valence electrons. The lowest BCUT2D eigenvalue weighted by molar-refractivity contribution is 0.328. The van der Waals surface area contributed by atoms with Crippen LogP contribution in [0.4, 0.5) is 15.8 Å². The first kappa shape index (κ1) is 14.0. The first-order chi connectivity index (χ1) is 9.11. The quantitative estimate of drug-likeness (QED) is 0.815. The van der Waals surface area contributed by atoms with E-state index in [4.69, 9.17) is 10.5 Å². The number of hydrogen-bond donors (Lipinski definition) is 2. The van der Waals surface area contributed by atoms with Crippen molar-refractivity contribution in [2.45, 2.75) is 45.1 Å². The molecule has 0 spiro atoms. The predicted molar refractivity (Wildman–Crippen MR) is 77.0 cm³/mol. The van der Waals surface area contributed by atoms with Gasteiger partial charge < -0.3 is 15.8 Å². The topological polar surface area (TPSA) is 47.3 Å². The highest BCUT2D eigenvalue weighted by Crippen LogP contribution is 2.32. The molecule has 0 amide bonds. The molecular weight excluding hydrogens is 243 g/mol. The first-order valence-electron chi connectivity index (χ1n) is 7.01. The summed E-state index contributed by atoms with van der Waals surface area (Å²) in [5.74, 6) is 0.817. The molecular formula is C15H23FN2O. The van der Waals surface area contributed by atoms with Crippen molar-refractivity contribution in [3.05, 3.63) is 17.9 Å². The van der Waals surface area contributed by atoms with Gasteiger partial charge in [-0.1, -0.05) is 19.3 Å². The third-order valence-corrected chi connectivity index (χ3v) is 4.06. The maximum atomic E-state index is 13.9. The zero-order valence-electron chi connectivity index (χ0n) is 11.7. The van der Waals surface area contributed by atoms with Crippen molar-refractivity contribution < 1.29 is 9.13 Å².